The number of aliphatic hydroxyl groups excluding tert-OH is 1. The zero-order chi connectivity index (χ0) is 13.1. The molecule has 0 aromatic heterocycles. The molecule has 2 unspecified atom stereocenters. The molecule has 18 heavy (non-hydrogen) atoms. The zero-order valence-electron chi connectivity index (χ0n) is 11.1. The van der Waals surface area contributed by atoms with Gasteiger partial charge in [0.25, 0.3) is 0 Å². The Morgan fingerprint density at radius 2 is 2.00 bits per heavy atom. The molecule has 1 aliphatic heterocycles. The molecule has 0 radical (unpaired) electrons. The fraction of sp³-hybridized carbons (Fsp3) is 0.467. The average molecular weight is 263 g/mol. The lowest BCUT2D eigenvalue weighted by Crippen LogP contribution is -2.22. The summed E-state index contributed by atoms with van der Waals surface area (Å²) in [7, 11) is 0.589. The summed E-state index contributed by atoms with van der Waals surface area (Å²) >= 11 is 0. The number of nitrogens with two attached hydrogens (primary N) is 1. The van der Waals surface area contributed by atoms with Crippen LogP contribution in [0.3, 0.4) is 0 Å². The third-order valence-corrected chi connectivity index (χ3v) is 4.78. The highest BCUT2D eigenvalue weighted by Gasteiger charge is 2.22. The Morgan fingerprint density at radius 3 is 2.61 bits per heavy atom. The second kappa shape index (κ2) is 5.86. The molecule has 3 N–H and O–H groups in total. The van der Waals surface area contributed by atoms with Crippen molar-refractivity contribution in [2.45, 2.75) is 44.8 Å². The van der Waals surface area contributed by atoms with Crippen LogP contribution in [0.4, 0.5) is 0 Å². The molecule has 1 saturated carbocycles. The maximum absolute atomic E-state index is 9.82. The summed E-state index contributed by atoms with van der Waals surface area (Å²) in [5, 5.41) is 11.1. The first-order chi connectivity index (χ1) is 8.74. The summed E-state index contributed by atoms with van der Waals surface area (Å²) in [5.41, 5.74) is 8.29. The Kier molecular flexibility index (Phi) is 4.42. The molecule has 0 bridgehead atoms. The van der Waals surface area contributed by atoms with E-state index >= 15 is 0 Å². The van der Waals surface area contributed by atoms with Gasteiger partial charge in [-0.1, -0.05) is 47.0 Å². The minimum atomic E-state index is -0.0101. The van der Waals surface area contributed by atoms with Gasteiger partial charge in [-0.15, -0.1) is 0 Å². The fourth-order valence-corrected chi connectivity index (χ4v) is 3.60. The SMILES string of the molecule is CC.NC1C=C(O)c2ccc(C3CCC3)cc2P1. The molecule has 1 aromatic rings. The van der Waals surface area contributed by atoms with Crippen LogP contribution >= 0.6 is 8.58 Å². The molecular formula is C15H22NOP. The topological polar surface area (TPSA) is 46.2 Å². The number of fused-ring (bicyclic) bond motifs is 1. The van der Waals surface area contributed by atoms with Crippen LogP contribution in [-0.4, -0.2) is 10.9 Å². The summed E-state index contributed by atoms with van der Waals surface area (Å²) < 4.78 is 0. The molecule has 2 aliphatic rings. The quantitative estimate of drug-likeness (QED) is 0.762. The summed E-state index contributed by atoms with van der Waals surface area (Å²) in [4.78, 5) is 0. The molecule has 1 heterocycles. The smallest absolute Gasteiger partial charge is 0.121 e. The lowest BCUT2D eigenvalue weighted by molar-refractivity contribution is 0.420. The van der Waals surface area contributed by atoms with E-state index in [-0.39, 0.29) is 5.78 Å². The third kappa shape index (κ3) is 2.60. The van der Waals surface area contributed by atoms with Gasteiger partial charge in [0.05, 0.1) is 0 Å². The Morgan fingerprint density at radius 1 is 1.28 bits per heavy atom. The molecule has 1 fully saturated rings. The standard InChI is InChI=1S/C13H16NOP.C2H6/c14-13-7-11(15)10-5-4-9(6-12(10)16-13)8-2-1-3-8;1-2/h4-8,13,15-16H,1-3,14H2;1-2H3. The Labute approximate surface area is 111 Å². The second-order valence-corrected chi connectivity index (χ2v) is 6.15. The van der Waals surface area contributed by atoms with Crippen LogP contribution in [-0.2, 0) is 0 Å². The minimum Gasteiger partial charge on any atom is -0.508 e. The van der Waals surface area contributed by atoms with Gasteiger partial charge >= 0.3 is 0 Å². The molecule has 1 aromatic carbocycles. The van der Waals surface area contributed by atoms with Crippen LogP contribution in [0.2, 0.25) is 0 Å². The molecule has 3 heteroatoms. The highest BCUT2D eigenvalue weighted by atomic mass is 31.1. The van der Waals surface area contributed by atoms with E-state index in [1.54, 1.807) is 6.08 Å². The molecule has 0 spiro atoms. The van der Waals surface area contributed by atoms with Gasteiger partial charge in [-0.25, -0.2) is 0 Å². The van der Waals surface area contributed by atoms with E-state index in [9.17, 15) is 5.11 Å². The van der Waals surface area contributed by atoms with Gasteiger partial charge < -0.3 is 10.8 Å². The first-order valence-corrected chi connectivity index (χ1v) is 7.89. The Balaban J connectivity index is 0.000000574. The molecule has 0 amide bonds. The molecule has 2 atom stereocenters. The van der Waals surface area contributed by atoms with Crippen LogP contribution in [0, 0.1) is 0 Å². The van der Waals surface area contributed by atoms with Gasteiger partial charge in [-0.3, -0.25) is 0 Å². The monoisotopic (exact) mass is 263 g/mol. The molecule has 0 saturated heterocycles. The summed E-state index contributed by atoms with van der Waals surface area (Å²) in [6.45, 7) is 4.00. The Hall–Kier alpha value is -0.850. The van der Waals surface area contributed by atoms with Crippen LogP contribution in [0.1, 0.15) is 50.2 Å². The Bertz CT molecular complexity index is 452. The summed E-state index contributed by atoms with van der Waals surface area (Å²) in [6.07, 6.45) is 5.74. The lowest BCUT2D eigenvalue weighted by atomic mass is 9.80. The van der Waals surface area contributed by atoms with Crippen LogP contribution < -0.4 is 11.0 Å². The maximum Gasteiger partial charge on any atom is 0.121 e. The van der Waals surface area contributed by atoms with Crippen molar-refractivity contribution in [1.29, 1.82) is 0 Å². The average Bonchev–Trinajstić information content (AvgIpc) is 2.28. The van der Waals surface area contributed by atoms with Crippen molar-refractivity contribution >= 4 is 19.6 Å². The summed E-state index contributed by atoms with van der Waals surface area (Å²) in [6, 6.07) is 6.46. The maximum atomic E-state index is 9.82. The molecular weight excluding hydrogens is 241 g/mol. The van der Waals surface area contributed by atoms with Gasteiger partial charge in [0.1, 0.15) is 5.76 Å². The van der Waals surface area contributed by atoms with E-state index in [0.29, 0.717) is 14.3 Å². The number of hydrogen-bond donors (Lipinski definition) is 2. The van der Waals surface area contributed by atoms with Crippen molar-refractivity contribution in [1.82, 2.24) is 0 Å². The minimum absolute atomic E-state index is 0.0101. The normalized spacial score (nSPS) is 23.5. The number of rotatable bonds is 1. The van der Waals surface area contributed by atoms with Crippen molar-refractivity contribution in [3.63, 3.8) is 0 Å². The number of aliphatic hydroxyl groups is 1. The van der Waals surface area contributed by atoms with Gasteiger partial charge in [0.15, 0.2) is 0 Å². The van der Waals surface area contributed by atoms with Gasteiger partial charge in [0.2, 0.25) is 0 Å². The molecule has 3 rings (SSSR count). The zero-order valence-corrected chi connectivity index (χ0v) is 12.1. The molecule has 98 valence electrons. The first-order valence-electron chi connectivity index (χ1n) is 6.81. The number of hydrogen-bond acceptors (Lipinski definition) is 2. The van der Waals surface area contributed by atoms with Gasteiger partial charge in [0, 0.05) is 11.3 Å². The van der Waals surface area contributed by atoms with Crippen molar-refractivity contribution in [2.75, 3.05) is 0 Å². The fourth-order valence-electron chi connectivity index (χ4n) is 2.38. The lowest BCUT2D eigenvalue weighted by Gasteiger charge is -2.27. The highest BCUT2D eigenvalue weighted by molar-refractivity contribution is 7.48. The predicted molar refractivity (Wildman–Crippen MR) is 80.9 cm³/mol. The van der Waals surface area contributed by atoms with Crippen molar-refractivity contribution in [2.24, 2.45) is 5.73 Å². The van der Waals surface area contributed by atoms with E-state index in [1.165, 1.54) is 30.1 Å². The predicted octanol–water partition coefficient (Wildman–Crippen LogP) is 3.48. The molecule has 2 nitrogen and oxygen atoms in total. The van der Waals surface area contributed by atoms with E-state index < -0.39 is 0 Å². The van der Waals surface area contributed by atoms with Crippen molar-refractivity contribution in [3.8, 4) is 0 Å². The highest BCUT2D eigenvalue weighted by Crippen LogP contribution is 2.38. The third-order valence-electron chi connectivity index (χ3n) is 3.56. The van der Waals surface area contributed by atoms with E-state index in [2.05, 4.69) is 12.1 Å². The van der Waals surface area contributed by atoms with E-state index in [0.717, 1.165) is 11.5 Å². The van der Waals surface area contributed by atoms with Crippen molar-refractivity contribution in [3.05, 3.63) is 35.4 Å². The van der Waals surface area contributed by atoms with Crippen LogP contribution in [0.25, 0.3) is 5.76 Å². The van der Waals surface area contributed by atoms with E-state index in [4.69, 9.17) is 5.73 Å². The van der Waals surface area contributed by atoms with Gasteiger partial charge in [-0.05, 0) is 35.7 Å². The van der Waals surface area contributed by atoms with Crippen molar-refractivity contribution < 1.29 is 5.11 Å². The van der Waals surface area contributed by atoms with Crippen LogP contribution in [0.15, 0.2) is 24.3 Å². The second-order valence-electron chi connectivity index (χ2n) is 4.65. The molecule has 1 aliphatic carbocycles. The van der Waals surface area contributed by atoms with Crippen LogP contribution in [0.5, 0.6) is 0 Å². The largest absolute Gasteiger partial charge is 0.508 e. The summed E-state index contributed by atoms with van der Waals surface area (Å²) in [5.74, 6) is 1.09. The van der Waals surface area contributed by atoms with Gasteiger partial charge in [-0.2, -0.15) is 0 Å². The van der Waals surface area contributed by atoms with E-state index in [1.807, 2.05) is 19.9 Å². The first kappa shape index (κ1) is 13.6. The number of benzene rings is 1.